The molecule has 0 saturated carbocycles. The van der Waals surface area contributed by atoms with Crippen molar-refractivity contribution >= 4 is 17.9 Å². The lowest BCUT2D eigenvalue weighted by Gasteiger charge is -2.07. The number of hydrogen-bond acceptors (Lipinski definition) is 2. The van der Waals surface area contributed by atoms with Gasteiger partial charge in [0.15, 0.2) is 5.78 Å². The van der Waals surface area contributed by atoms with Gasteiger partial charge in [0.25, 0.3) is 0 Å². The van der Waals surface area contributed by atoms with Crippen molar-refractivity contribution in [1.29, 1.82) is 0 Å². The molecule has 0 aliphatic heterocycles. The Morgan fingerprint density at radius 1 is 0.750 bits per heavy atom. The molecule has 0 bridgehead atoms. The summed E-state index contributed by atoms with van der Waals surface area (Å²) >= 11 is 0. The molecule has 2 nitrogen and oxygen atoms in total. The number of benzene rings is 3. The summed E-state index contributed by atoms with van der Waals surface area (Å²) < 4.78 is 5.86. The van der Waals surface area contributed by atoms with Crippen LogP contribution in [0.2, 0.25) is 0 Å². The Kier molecular flexibility index (Phi) is 9.54. The third-order valence-corrected chi connectivity index (χ3v) is 5.33. The lowest BCUT2D eigenvalue weighted by Crippen LogP contribution is -1.97. The van der Waals surface area contributed by atoms with E-state index in [1.54, 1.807) is 6.08 Å². The first-order valence-electron chi connectivity index (χ1n) is 11.5. The van der Waals surface area contributed by atoms with Crippen LogP contribution >= 0.6 is 0 Å². The molecule has 0 N–H and O–H groups in total. The van der Waals surface area contributed by atoms with E-state index < -0.39 is 0 Å². The zero-order chi connectivity index (χ0) is 22.4. The number of rotatable bonds is 12. The van der Waals surface area contributed by atoms with E-state index in [1.165, 1.54) is 30.4 Å². The predicted molar refractivity (Wildman–Crippen MR) is 135 cm³/mol. The number of carbonyl (C=O) groups excluding carboxylic acids is 1. The van der Waals surface area contributed by atoms with Crippen molar-refractivity contribution < 1.29 is 9.53 Å². The van der Waals surface area contributed by atoms with Gasteiger partial charge in [-0.2, -0.15) is 0 Å². The maximum absolute atomic E-state index is 12.1. The van der Waals surface area contributed by atoms with Crippen LogP contribution in [0, 0.1) is 0 Å². The van der Waals surface area contributed by atoms with Gasteiger partial charge >= 0.3 is 0 Å². The number of ketones is 1. The number of unbranched alkanes of at least 4 members (excludes halogenated alkanes) is 3. The number of carbonyl (C=O) groups is 1. The van der Waals surface area contributed by atoms with Gasteiger partial charge in [-0.3, -0.25) is 4.79 Å². The van der Waals surface area contributed by atoms with Crippen molar-refractivity contribution in [3.63, 3.8) is 0 Å². The van der Waals surface area contributed by atoms with Gasteiger partial charge in [0.05, 0.1) is 6.61 Å². The summed E-state index contributed by atoms with van der Waals surface area (Å²) in [5, 5.41) is 0. The maximum atomic E-state index is 12.1. The topological polar surface area (TPSA) is 26.3 Å². The van der Waals surface area contributed by atoms with Crippen LogP contribution in [-0.2, 0) is 6.42 Å². The Balaban J connectivity index is 1.30. The van der Waals surface area contributed by atoms with Crippen molar-refractivity contribution in [1.82, 2.24) is 0 Å². The Bertz CT molecular complexity index is 997. The summed E-state index contributed by atoms with van der Waals surface area (Å²) in [5.41, 5.74) is 4.36. The molecular weight excluding hydrogens is 392 g/mol. The second-order valence-corrected chi connectivity index (χ2v) is 7.89. The molecule has 0 aliphatic carbocycles. The van der Waals surface area contributed by atoms with E-state index in [1.807, 2.05) is 67.6 Å². The molecule has 164 valence electrons. The van der Waals surface area contributed by atoms with E-state index in [0.717, 1.165) is 30.8 Å². The zero-order valence-corrected chi connectivity index (χ0v) is 18.9. The quantitative estimate of drug-likeness (QED) is 0.168. The van der Waals surface area contributed by atoms with E-state index in [-0.39, 0.29) is 5.78 Å². The SMILES string of the molecule is CC=Cc1ccc(CCCCCCOc2ccc(C=CC(=O)c3ccccc3)cc2)cc1. The van der Waals surface area contributed by atoms with Gasteiger partial charge in [-0.15, -0.1) is 0 Å². The van der Waals surface area contributed by atoms with Crippen molar-refractivity contribution in [2.24, 2.45) is 0 Å². The van der Waals surface area contributed by atoms with Crippen molar-refractivity contribution in [2.45, 2.75) is 39.0 Å². The summed E-state index contributed by atoms with van der Waals surface area (Å²) in [6.45, 7) is 2.78. The molecule has 0 aromatic heterocycles. The van der Waals surface area contributed by atoms with Gasteiger partial charge < -0.3 is 4.74 Å². The Morgan fingerprint density at radius 3 is 2.12 bits per heavy atom. The molecule has 0 atom stereocenters. The average molecular weight is 425 g/mol. The molecule has 0 fully saturated rings. The molecular formula is C30H32O2. The molecule has 2 heteroatoms. The third-order valence-electron chi connectivity index (χ3n) is 5.33. The van der Waals surface area contributed by atoms with Crippen LogP contribution in [-0.4, -0.2) is 12.4 Å². The van der Waals surface area contributed by atoms with E-state index in [0.29, 0.717) is 5.56 Å². The molecule has 3 rings (SSSR count). The first-order chi connectivity index (χ1) is 15.7. The van der Waals surface area contributed by atoms with Crippen LogP contribution in [0.15, 0.2) is 91.0 Å². The van der Waals surface area contributed by atoms with Crippen molar-refractivity contribution in [3.05, 3.63) is 113 Å². The van der Waals surface area contributed by atoms with E-state index in [9.17, 15) is 4.79 Å². The average Bonchev–Trinajstić information content (AvgIpc) is 2.84. The molecule has 3 aromatic carbocycles. The summed E-state index contributed by atoms with van der Waals surface area (Å²) in [6, 6.07) is 26.0. The predicted octanol–water partition coefficient (Wildman–Crippen LogP) is 7.80. The zero-order valence-electron chi connectivity index (χ0n) is 18.9. The van der Waals surface area contributed by atoms with Crippen LogP contribution < -0.4 is 4.74 Å². The fourth-order valence-electron chi connectivity index (χ4n) is 3.51. The van der Waals surface area contributed by atoms with Crippen LogP contribution in [0.3, 0.4) is 0 Å². The minimum absolute atomic E-state index is 0.0107. The molecule has 0 saturated heterocycles. The lowest BCUT2D eigenvalue weighted by molar-refractivity contribution is 0.104. The number of ether oxygens (including phenoxy) is 1. The summed E-state index contributed by atoms with van der Waals surface area (Å²) in [5.74, 6) is 0.884. The van der Waals surface area contributed by atoms with Crippen LogP contribution in [0.25, 0.3) is 12.2 Å². The van der Waals surface area contributed by atoms with Gasteiger partial charge in [-0.1, -0.05) is 97.8 Å². The fourth-order valence-corrected chi connectivity index (χ4v) is 3.51. The standard InChI is InChI=1S/C30H32O2/c1-2-10-25-14-16-26(17-15-25)11-6-3-4-9-24-32-29-21-18-27(19-22-29)20-23-30(31)28-12-7-5-8-13-28/h2,5,7-8,10,12-23H,3-4,6,9,11,24H2,1H3. The largest absolute Gasteiger partial charge is 0.494 e. The number of aryl methyl sites for hydroxylation is 1. The molecule has 0 aliphatic rings. The molecule has 0 spiro atoms. The van der Waals surface area contributed by atoms with Crippen molar-refractivity contribution in [3.8, 4) is 5.75 Å². The fraction of sp³-hybridized carbons (Fsp3) is 0.233. The second kappa shape index (κ2) is 13.1. The highest BCUT2D eigenvalue weighted by molar-refractivity contribution is 6.06. The molecule has 0 heterocycles. The molecule has 0 unspecified atom stereocenters. The maximum Gasteiger partial charge on any atom is 0.185 e. The molecule has 32 heavy (non-hydrogen) atoms. The minimum atomic E-state index is 0.0107. The molecule has 3 aromatic rings. The Labute approximate surface area is 192 Å². The van der Waals surface area contributed by atoms with E-state index >= 15 is 0 Å². The van der Waals surface area contributed by atoms with Gasteiger partial charge in [-0.25, -0.2) is 0 Å². The van der Waals surface area contributed by atoms with E-state index in [4.69, 9.17) is 4.74 Å². The van der Waals surface area contributed by atoms with Gasteiger partial charge in [0.1, 0.15) is 5.75 Å². The smallest absolute Gasteiger partial charge is 0.185 e. The van der Waals surface area contributed by atoms with Crippen LogP contribution in [0.4, 0.5) is 0 Å². The van der Waals surface area contributed by atoms with Crippen LogP contribution in [0.1, 0.15) is 59.7 Å². The molecule has 0 radical (unpaired) electrons. The monoisotopic (exact) mass is 424 g/mol. The second-order valence-electron chi connectivity index (χ2n) is 7.89. The highest BCUT2D eigenvalue weighted by Gasteiger charge is 2.00. The van der Waals surface area contributed by atoms with Crippen molar-refractivity contribution in [2.75, 3.05) is 6.61 Å². The normalized spacial score (nSPS) is 11.3. The number of allylic oxidation sites excluding steroid dienone is 2. The van der Waals surface area contributed by atoms with Gasteiger partial charge in [0.2, 0.25) is 0 Å². The lowest BCUT2D eigenvalue weighted by atomic mass is 10.0. The Morgan fingerprint density at radius 2 is 1.41 bits per heavy atom. The summed E-state index contributed by atoms with van der Waals surface area (Å²) in [7, 11) is 0. The summed E-state index contributed by atoms with van der Waals surface area (Å²) in [4.78, 5) is 12.1. The minimum Gasteiger partial charge on any atom is -0.494 e. The number of hydrogen-bond donors (Lipinski definition) is 0. The first kappa shape index (κ1) is 23.3. The highest BCUT2D eigenvalue weighted by atomic mass is 16.5. The third kappa shape index (κ3) is 8.03. The molecule has 0 amide bonds. The van der Waals surface area contributed by atoms with Gasteiger partial charge in [-0.05, 0) is 61.1 Å². The summed E-state index contributed by atoms with van der Waals surface area (Å²) in [6.07, 6.45) is 13.5. The van der Waals surface area contributed by atoms with E-state index in [2.05, 4.69) is 36.4 Å². The highest BCUT2D eigenvalue weighted by Crippen LogP contribution is 2.15. The van der Waals surface area contributed by atoms with Gasteiger partial charge in [0, 0.05) is 5.56 Å². The van der Waals surface area contributed by atoms with Crippen LogP contribution in [0.5, 0.6) is 5.75 Å². The Hall–Kier alpha value is -3.39. The first-order valence-corrected chi connectivity index (χ1v) is 11.5.